The van der Waals surface area contributed by atoms with E-state index >= 15 is 0 Å². The molecule has 0 radical (unpaired) electrons. The van der Waals surface area contributed by atoms with Crippen molar-refractivity contribution in [2.24, 2.45) is 0 Å². The van der Waals surface area contributed by atoms with E-state index in [4.69, 9.17) is 0 Å². The molecule has 1 unspecified atom stereocenters. The Morgan fingerprint density at radius 2 is 2.33 bits per heavy atom. The molecule has 5 heteroatoms. The second-order valence-corrected chi connectivity index (χ2v) is 4.16. The fourth-order valence-corrected chi connectivity index (χ4v) is 1.95. The van der Waals surface area contributed by atoms with E-state index < -0.39 is 0 Å². The molecular formula is C13H14N4O. The van der Waals surface area contributed by atoms with E-state index in [1.54, 1.807) is 12.1 Å². The lowest BCUT2D eigenvalue weighted by Gasteiger charge is -2.18. The number of rotatable bonds is 2. The van der Waals surface area contributed by atoms with Gasteiger partial charge in [0.25, 0.3) is 0 Å². The lowest BCUT2D eigenvalue weighted by molar-refractivity contribution is 0.475. The third-order valence-electron chi connectivity index (χ3n) is 2.91. The molecule has 1 aromatic heterocycles. The standard InChI is InChI=1S/C13H14N4O/c1-14-12-5-6-17-8-11(15-13(17)16-12)9-3-2-4-10(18)7-9/h2-8,12,14,18H,1H3,(H,15,16). The van der Waals surface area contributed by atoms with Crippen LogP contribution in [0.25, 0.3) is 17.5 Å². The number of hydrogen-bond donors (Lipinski definition) is 3. The highest BCUT2D eigenvalue weighted by Crippen LogP contribution is 2.25. The van der Waals surface area contributed by atoms with Gasteiger partial charge in [0.05, 0.1) is 5.69 Å². The summed E-state index contributed by atoms with van der Waals surface area (Å²) < 4.78 is 1.92. The summed E-state index contributed by atoms with van der Waals surface area (Å²) in [5.74, 6) is 1.03. The van der Waals surface area contributed by atoms with E-state index in [2.05, 4.69) is 15.6 Å². The van der Waals surface area contributed by atoms with E-state index in [1.165, 1.54) is 0 Å². The number of aromatic hydroxyl groups is 1. The maximum atomic E-state index is 9.48. The second kappa shape index (κ2) is 4.19. The Kier molecular flexibility index (Phi) is 2.53. The molecule has 3 N–H and O–H groups in total. The van der Waals surface area contributed by atoms with Gasteiger partial charge in [-0.3, -0.25) is 9.88 Å². The van der Waals surface area contributed by atoms with Gasteiger partial charge in [0.15, 0.2) is 0 Å². The Morgan fingerprint density at radius 1 is 1.44 bits per heavy atom. The lowest BCUT2D eigenvalue weighted by Crippen LogP contribution is -2.34. The molecule has 0 saturated heterocycles. The van der Waals surface area contributed by atoms with Gasteiger partial charge in [0, 0.05) is 18.0 Å². The molecule has 0 spiro atoms. The van der Waals surface area contributed by atoms with Gasteiger partial charge in [-0.2, -0.15) is 0 Å². The Hall–Kier alpha value is -2.27. The molecule has 92 valence electrons. The predicted molar refractivity (Wildman–Crippen MR) is 71.1 cm³/mol. The van der Waals surface area contributed by atoms with Crippen LogP contribution in [0.3, 0.4) is 0 Å². The first-order valence-corrected chi connectivity index (χ1v) is 5.76. The van der Waals surface area contributed by atoms with E-state index in [0.29, 0.717) is 0 Å². The maximum Gasteiger partial charge on any atom is 0.209 e. The smallest absolute Gasteiger partial charge is 0.209 e. The first-order chi connectivity index (χ1) is 8.76. The van der Waals surface area contributed by atoms with E-state index in [1.807, 2.05) is 42.2 Å². The van der Waals surface area contributed by atoms with Gasteiger partial charge in [-0.05, 0) is 25.3 Å². The Balaban J connectivity index is 1.97. The molecular weight excluding hydrogens is 228 g/mol. The van der Waals surface area contributed by atoms with Crippen LogP contribution >= 0.6 is 0 Å². The molecule has 0 saturated carbocycles. The first-order valence-electron chi connectivity index (χ1n) is 5.76. The van der Waals surface area contributed by atoms with Gasteiger partial charge in [-0.15, -0.1) is 0 Å². The van der Waals surface area contributed by atoms with Gasteiger partial charge >= 0.3 is 0 Å². The average Bonchev–Trinajstić information content (AvgIpc) is 2.81. The molecule has 1 aliphatic rings. The molecule has 3 rings (SSSR count). The fraction of sp³-hybridized carbons (Fsp3) is 0.154. The summed E-state index contributed by atoms with van der Waals surface area (Å²) in [5, 5.41) is 15.8. The van der Waals surface area contributed by atoms with Crippen LogP contribution in [-0.2, 0) is 0 Å². The van der Waals surface area contributed by atoms with E-state index in [9.17, 15) is 5.11 Å². The van der Waals surface area contributed by atoms with Crippen LogP contribution in [0, 0.1) is 0 Å². The highest BCUT2D eigenvalue weighted by molar-refractivity contribution is 5.64. The number of phenols is 1. The minimum atomic E-state index is 0.0944. The number of hydrogen-bond acceptors (Lipinski definition) is 4. The topological polar surface area (TPSA) is 62.1 Å². The Morgan fingerprint density at radius 3 is 3.11 bits per heavy atom. The molecule has 18 heavy (non-hydrogen) atoms. The maximum absolute atomic E-state index is 9.48. The number of benzene rings is 1. The van der Waals surface area contributed by atoms with Gasteiger partial charge in [0.2, 0.25) is 5.95 Å². The molecule has 2 heterocycles. The largest absolute Gasteiger partial charge is 0.508 e. The monoisotopic (exact) mass is 242 g/mol. The van der Waals surface area contributed by atoms with Gasteiger partial charge < -0.3 is 10.4 Å². The van der Waals surface area contributed by atoms with Gasteiger partial charge in [0.1, 0.15) is 11.9 Å². The third kappa shape index (κ3) is 1.84. The summed E-state index contributed by atoms with van der Waals surface area (Å²) in [6, 6.07) is 7.08. The van der Waals surface area contributed by atoms with Crippen molar-refractivity contribution < 1.29 is 5.11 Å². The number of nitrogens with zero attached hydrogens (tertiary/aromatic N) is 2. The van der Waals surface area contributed by atoms with Crippen LogP contribution < -0.4 is 10.6 Å². The number of anilines is 1. The summed E-state index contributed by atoms with van der Waals surface area (Å²) in [6.45, 7) is 0. The fourth-order valence-electron chi connectivity index (χ4n) is 1.95. The molecule has 0 fully saturated rings. The molecule has 5 nitrogen and oxygen atoms in total. The van der Waals surface area contributed by atoms with Crippen LogP contribution in [0.1, 0.15) is 0 Å². The van der Waals surface area contributed by atoms with Crippen molar-refractivity contribution >= 4 is 12.1 Å². The van der Waals surface area contributed by atoms with Crippen LogP contribution in [0.15, 0.2) is 36.5 Å². The zero-order valence-corrected chi connectivity index (χ0v) is 9.96. The summed E-state index contributed by atoms with van der Waals surface area (Å²) in [6.07, 6.45) is 6.00. The third-order valence-corrected chi connectivity index (χ3v) is 2.91. The summed E-state index contributed by atoms with van der Waals surface area (Å²) in [7, 11) is 1.89. The van der Waals surface area contributed by atoms with Crippen molar-refractivity contribution in [3.05, 3.63) is 36.5 Å². The van der Waals surface area contributed by atoms with Crippen LogP contribution in [0.5, 0.6) is 5.75 Å². The van der Waals surface area contributed by atoms with Gasteiger partial charge in [-0.1, -0.05) is 12.1 Å². The highest BCUT2D eigenvalue weighted by atomic mass is 16.3. The van der Waals surface area contributed by atoms with E-state index in [-0.39, 0.29) is 11.9 Å². The van der Waals surface area contributed by atoms with Crippen molar-refractivity contribution in [3.8, 4) is 17.0 Å². The zero-order valence-electron chi connectivity index (χ0n) is 9.96. The molecule has 0 bridgehead atoms. The number of nitrogens with one attached hydrogen (secondary N) is 2. The number of fused-ring (bicyclic) bond motifs is 1. The van der Waals surface area contributed by atoms with Crippen LogP contribution in [0.2, 0.25) is 0 Å². The molecule has 1 aromatic carbocycles. The minimum absolute atomic E-state index is 0.0944. The Labute approximate surface area is 105 Å². The molecule has 0 amide bonds. The van der Waals surface area contributed by atoms with Crippen molar-refractivity contribution in [2.75, 3.05) is 12.4 Å². The number of aromatic nitrogens is 2. The Bertz CT molecular complexity index is 603. The number of likely N-dealkylation sites (N-methyl/N-ethyl adjacent to an activating group) is 1. The average molecular weight is 242 g/mol. The van der Waals surface area contributed by atoms with Crippen molar-refractivity contribution in [3.63, 3.8) is 0 Å². The molecule has 2 aromatic rings. The van der Waals surface area contributed by atoms with E-state index in [0.717, 1.165) is 17.2 Å². The summed E-state index contributed by atoms with van der Waals surface area (Å²) in [4.78, 5) is 4.51. The highest BCUT2D eigenvalue weighted by Gasteiger charge is 2.14. The minimum Gasteiger partial charge on any atom is -0.508 e. The number of phenolic OH excluding ortho intramolecular Hbond substituents is 1. The SMILES string of the molecule is CNC1C=Cn2cc(-c3cccc(O)c3)nc2N1. The van der Waals surface area contributed by atoms with Crippen molar-refractivity contribution in [1.82, 2.24) is 14.9 Å². The quantitative estimate of drug-likeness (QED) is 0.750. The molecule has 1 atom stereocenters. The van der Waals surface area contributed by atoms with Crippen molar-refractivity contribution in [2.45, 2.75) is 6.17 Å². The first kappa shape index (κ1) is 10.9. The zero-order chi connectivity index (χ0) is 12.5. The predicted octanol–water partition coefficient (Wildman–Crippen LogP) is 1.70. The normalized spacial score (nSPS) is 17.3. The lowest BCUT2D eigenvalue weighted by atomic mass is 10.1. The molecule has 1 aliphatic heterocycles. The molecule has 0 aliphatic carbocycles. The van der Waals surface area contributed by atoms with Crippen LogP contribution in [-0.4, -0.2) is 27.9 Å². The summed E-state index contributed by atoms with van der Waals surface area (Å²) in [5.41, 5.74) is 1.72. The van der Waals surface area contributed by atoms with Crippen molar-refractivity contribution in [1.29, 1.82) is 0 Å². The second-order valence-electron chi connectivity index (χ2n) is 4.16. The number of imidazole rings is 1. The van der Waals surface area contributed by atoms with Gasteiger partial charge in [-0.25, -0.2) is 4.98 Å². The van der Waals surface area contributed by atoms with Crippen LogP contribution in [0.4, 0.5) is 5.95 Å². The summed E-state index contributed by atoms with van der Waals surface area (Å²) >= 11 is 0.